The van der Waals surface area contributed by atoms with Crippen molar-refractivity contribution < 1.29 is 10.2 Å². The summed E-state index contributed by atoms with van der Waals surface area (Å²) in [5.74, 6) is 2.68. The van der Waals surface area contributed by atoms with Gasteiger partial charge in [0.15, 0.2) is 0 Å². The number of hydrogen-bond acceptors (Lipinski definition) is 3. The first-order valence-corrected chi connectivity index (χ1v) is 10.6. The van der Waals surface area contributed by atoms with Crippen molar-refractivity contribution in [2.45, 2.75) is 84.3 Å². The number of aliphatic hydroxyl groups excluding tert-OH is 2. The zero-order valence-corrected chi connectivity index (χ0v) is 16.1. The average Bonchev–Trinajstić information content (AvgIpc) is 2.93. The predicted octanol–water partition coefficient (Wildman–Crippen LogP) is 4.14. The highest BCUT2D eigenvalue weighted by Crippen LogP contribution is 2.68. The SMILES string of the molecule is C[C@H](C#N)[C@H]1CC[C@H]2[C@H]3[C@@H](O)C[C@@H]4C[C@H](O)CC[C@]4(C)[C@H]3CC[C@]12C. The van der Waals surface area contributed by atoms with Crippen LogP contribution in [-0.4, -0.2) is 22.4 Å². The minimum Gasteiger partial charge on any atom is -0.393 e. The minimum absolute atomic E-state index is 0.125. The highest BCUT2D eigenvalue weighted by Gasteiger charge is 2.62. The van der Waals surface area contributed by atoms with Crippen LogP contribution in [0.3, 0.4) is 0 Å². The molecule has 25 heavy (non-hydrogen) atoms. The Morgan fingerprint density at radius 2 is 1.64 bits per heavy atom. The minimum atomic E-state index is -0.214. The number of aliphatic hydroxyl groups is 2. The molecule has 3 heteroatoms. The van der Waals surface area contributed by atoms with Gasteiger partial charge in [-0.2, -0.15) is 5.26 Å². The Kier molecular flexibility index (Phi) is 4.25. The zero-order valence-electron chi connectivity index (χ0n) is 16.1. The molecule has 2 N–H and O–H groups in total. The zero-order chi connectivity index (χ0) is 18.0. The number of rotatable bonds is 1. The van der Waals surface area contributed by atoms with Gasteiger partial charge in [-0.05, 0) is 98.7 Å². The van der Waals surface area contributed by atoms with Crippen LogP contribution in [0.25, 0.3) is 0 Å². The molecule has 0 aliphatic heterocycles. The molecule has 3 nitrogen and oxygen atoms in total. The van der Waals surface area contributed by atoms with Crippen LogP contribution < -0.4 is 0 Å². The Balaban J connectivity index is 1.65. The van der Waals surface area contributed by atoms with Crippen LogP contribution in [0.2, 0.25) is 0 Å². The fourth-order valence-electron chi connectivity index (χ4n) is 8.15. The first-order chi connectivity index (χ1) is 11.8. The molecule has 4 saturated carbocycles. The van der Waals surface area contributed by atoms with E-state index in [0.717, 1.165) is 32.1 Å². The van der Waals surface area contributed by atoms with E-state index in [1.165, 1.54) is 19.3 Å². The number of hydrogen-bond donors (Lipinski definition) is 2. The second-order valence-corrected chi connectivity index (χ2v) is 10.4. The van der Waals surface area contributed by atoms with Crippen LogP contribution in [0.1, 0.15) is 72.1 Å². The molecule has 0 heterocycles. The van der Waals surface area contributed by atoms with Crippen LogP contribution >= 0.6 is 0 Å². The van der Waals surface area contributed by atoms with Gasteiger partial charge in [-0.1, -0.05) is 13.8 Å². The van der Waals surface area contributed by atoms with Crippen LogP contribution in [0.4, 0.5) is 0 Å². The molecule has 4 fully saturated rings. The van der Waals surface area contributed by atoms with Gasteiger partial charge >= 0.3 is 0 Å². The average molecular weight is 346 g/mol. The molecule has 0 aromatic rings. The van der Waals surface area contributed by atoms with Crippen molar-refractivity contribution in [2.24, 2.45) is 46.3 Å². The third-order valence-electron chi connectivity index (χ3n) is 9.54. The van der Waals surface area contributed by atoms with Crippen LogP contribution in [0, 0.1) is 57.7 Å². The summed E-state index contributed by atoms with van der Waals surface area (Å²) < 4.78 is 0. The van der Waals surface area contributed by atoms with Crippen LogP contribution in [-0.2, 0) is 0 Å². The molecule has 140 valence electrons. The fraction of sp³-hybridized carbons (Fsp3) is 0.955. The van der Waals surface area contributed by atoms with Crippen LogP contribution in [0.5, 0.6) is 0 Å². The molecule has 0 aromatic heterocycles. The Bertz CT molecular complexity index is 571. The lowest BCUT2D eigenvalue weighted by Crippen LogP contribution is -2.58. The summed E-state index contributed by atoms with van der Waals surface area (Å²) in [6, 6.07) is 2.52. The van der Waals surface area contributed by atoms with Gasteiger partial charge in [-0.3, -0.25) is 0 Å². The van der Waals surface area contributed by atoms with Gasteiger partial charge in [0.1, 0.15) is 0 Å². The summed E-state index contributed by atoms with van der Waals surface area (Å²) in [7, 11) is 0. The van der Waals surface area contributed by atoms with Gasteiger partial charge in [0.05, 0.1) is 18.3 Å². The maximum Gasteiger partial charge on any atom is 0.0656 e. The molecule has 0 bridgehead atoms. The highest BCUT2D eigenvalue weighted by atomic mass is 16.3. The summed E-state index contributed by atoms with van der Waals surface area (Å²) in [6.07, 6.45) is 8.19. The van der Waals surface area contributed by atoms with E-state index >= 15 is 0 Å². The molecule has 0 spiro atoms. The van der Waals surface area contributed by atoms with Crippen molar-refractivity contribution in [2.75, 3.05) is 0 Å². The van der Waals surface area contributed by atoms with E-state index in [2.05, 4.69) is 26.8 Å². The van der Waals surface area contributed by atoms with Gasteiger partial charge in [0.25, 0.3) is 0 Å². The smallest absolute Gasteiger partial charge is 0.0656 e. The van der Waals surface area contributed by atoms with E-state index in [4.69, 9.17) is 0 Å². The summed E-state index contributed by atoms with van der Waals surface area (Å²) in [5.41, 5.74) is 0.526. The molecule has 10 atom stereocenters. The Hall–Kier alpha value is -0.590. The van der Waals surface area contributed by atoms with E-state index in [0.29, 0.717) is 35.0 Å². The molecule has 0 radical (unpaired) electrons. The maximum atomic E-state index is 11.1. The Morgan fingerprint density at radius 3 is 2.36 bits per heavy atom. The van der Waals surface area contributed by atoms with Crippen LogP contribution in [0.15, 0.2) is 0 Å². The molecular formula is C22H35NO2. The molecule has 4 aliphatic rings. The van der Waals surface area contributed by atoms with Gasteiger partial charge in [-0.15, -0.1) is 0 Å². The van der Waals surface area contributed by atoms with Crippen molar-refractivity contribution in [3.8, 4) is 6.07 Å². The van der Waals surface area contributed by atoms with Crippen molar-refractivity contribution in [3.05, 3.63) is 0 Å². The highest BCUT2D eigenvalue weighted by molar-refractivity contribution is 5.12. The second kappa shape index (κ2) is 5.96. The molecule has 0 unspecified atom stereocenters. The third-order valence-corrected chi connectivity index (χ3v) is 9.54. The lowest BCUT2D eigenvalue weighted by molar-refractivity contribution is -0.173. The van der Waals surface area contributed by atoms with Gasteiger partial charge in [-0.25, -0.2) is 0 Å². The third kappa shape index (κ3) is 2.43. The summed E-state index contributed by atoms with van der Waals surface area (Å²) in [4.78, 5) is 0. The number of fused-ring (bicyclic) bond motifs is 5. The molecular weight excluding hydrogens is 310 g/mol. The van der Waals surface area contributed by atoms with Crippen molar-refractivity contribution in [3.63, 3.8) is 0 Å². The largest absolute Gasteiger partial charge is 0.393 e. The second-order valence-electron chi connectivity index (χ2n) is 10.4. The molecule has 0 saturated heterocycles. The quantitative estimate of drug-likeness (QED) is 0.751. The standard InChI is InChI=1S/C22H35NO2/c1-13(12-23)16-4-5-17-20-18(7-9-22(16,17)3)21(2)8-6-15(24)10-14(21)11-19(20)25/h13-20,24-25H,4-11H2,1-3H3/t13-,14+,15-,16-,17+,18+,19+,20-,21+,22-/m1/s1. The molecule has 0 aromatic carbocycles. The first kappa shape index (κ1) is 17.8. The Labute approximate surface area is 152 Å². The van der Waals surface area contributed by atoms with Gasteiger partial charge in [0.2, 0.25) is 0 Å². The number of nitriles is 1. The van der Waals surface area contributed by atoms with E-state index in [-0.39, 0.29) is 23.5 Å². The maximum absolute atomic E-state index is 11.1. The number of nitrogens with zero attached hydrogens (tertiary/aromatic N) is 1. The fourth-order valence-corrected chi connectivity index (χ4v) is 8.15. The Morgan fingerprint density at radius 1 is 0.960 bits per heavy atom. The molecule has 4 rings (SSSR count). The molecule has 4 aliphatic carbocycles. The van der Waals surface area contributed by atoms with Gasteiger partial charge in [0, 0.05) is 5.92 Å². The van der Waals surface area contributed by atoms with Gasteiger partial charge < -0.3 is 10.2 Å². The van der Waals surface area contributed by atoms with E-state index < -0.39 is 0 Å². The lowest BCUT2D eigenvalue weighted by Gasteiger charge is -2.62. The lowest BCUT2D eigenvalue weighted by atomic mass is 9.43. The van der Waals surface area contributed by atoms with E-state index in [1.54, 1.807) is 0 Å². The monoisotopic (exact) mass is 345 g/mol. The topological polar surface area (TPSA) is 64.2 Å². The van der Waals surface area contributed by atoms with E-state index in [9.17, 15) is 15.5 Å². The van der Waals surface area contributed by atoms with Crippen molar-refractivity contribution in [1.29, 1.82) is 5.26 Å². The van der Waals surface area contributed by atoms with Crippen molar-refractivity contribution >= 4 is 0 Å². The predicted molar refractivity (Wildman–Crippen MR) is 97.4 cm³/mol. The first-order valence-electron chi connectivity index (χ1n) is 10.6. The van der Waals surface area contributed by atoms with Crippen molar-refractivity contribution in [1.82, 2.24) is 0 Å². The molecule has 0 amide bonds. The normalized spacial score (nSPS) is 56.2. The van der Waals surface area contributed by atoms with E-state index in [1.807, 2.05) is 0 Å². The summed E-state index contributed by atoms with van der Waals surface area (Å²) in [6.45, 7) is 6.98. The summed E-state index contributed by atoms with van der Waals surface area (Å²) >= 11 is 0. The summed E-state index contributed by atoms with van der Waals surface area (Å²) in [5, 5.41) is 30.8.